The van der Waals surface area contributed by atoms with E-state index < -0.39 is 16.1 Å². The van der Waals surface area contributed by atoms with Crippen molar-refractivity contribution in [3.05, 3.63) is 53.7 Å². The second-order valence-corrected chi connectivity index (χ2v) is 8.90. The van der Waals surface area contributed by atoms with Crippen LogP contribution in [0.2, 0.25) is 0 Å². The molecule has 1 aromatic heterocycles. The second kappa shape index (κ2) is 8.81. The molecular weight excluding hydrogens is 392 g/mol. The number of sulfonamides is 1. The van der Waals surface area contributed by atoms with Gasteiger partial charge in [-0.1, -0.05) is 12.1 Å². The van der Waals surface area contributed by atoms with Crippen LogP contribution in [0.1, 0.15) is 24.3 Å². The lowest BCUT2D eigenvalue weighted by molar-refractivity contribution is 0.164. The number of aliphatic hydroxyl groups excluding tert-OH is 1. The van der Waals surface area contributed by atoms with Crippen molar-refractivity contribution in [2.75, 3.05) is 24.1 Å². The van der Waals surface area contributed by atoms with E-state index in [4.69, 9.17) is 4.74 Å². The third-order valence-electron chi connectivity index (χ3n) is 4.46. The molecule has 0 saturated carbocycles. The highest BCUT2D eigenvalue weighted by Crippen LogP contribution is 2.21. The monoisotopic (exact) mass is 418 g/mol. The fraction of sp³-hybridized carbons (Fsp3) is 0.350. The topological polar surface area (TPSA) is 116 Å². The Labute approximate surface area is 170 Å². The summed E-state index contributed by atoms with van der Waals surface area (Å²) >= 11 is 0. The van der Waals surface area contributed by atoms with Crippen LogP contribution >= 0.6 is 0 Å². The Balaban J connectivity index is 1.50. The van der Waals surface area contributed by atoms with E-state index >= 15 is 0 Å². The molecule has 8 nitrogen and oxygen atoms in total. The summed E-state index contributed by atoms with van der Waals surface area (Å²) in [4.78, 5) is 0. The van der Waals surface area contributed by atoms with Crippen molar-refractivity contribution in [1.29, 1.82) is 0 Å². The number of benzene rings is 2. The average molecular weight is 419 g/mol. The Bertz CT molecular complexity index is 1080. The minimum absolute atomic E-state index is 0.00109. The van der Waals surface area contributed by atoms with Gasteiger partial charge >= 0.3 is 0 Å². The van der Waals surface area contributed by atoms with Crippen molar-refractivity contribution in [3.8, 4) is 5.75 Å². The van der Waals surface area contributed by atoms with Crippen molar-refractivity contribution < 1.29 is 18.3 Å². The van der Waals surface area contributed by atoms with Crippen LogP contribution in [0.5, 0.6) is 5.75 Å². The Morgan fingerprint density at radius 2 is 2.03 bits per heavy atom. The minimum atomic E-state index is -3.36. The average Bonchev–Trinajstić information content (AvgIpc) is 3.03. The molecule has 2 aromatic carbocycles. The van der Waals surface area contributed by atoms with Crippen molar-refractivity contribution in [1.82, 2.24) is 15.5 Å². The van der Waals surface area contributed by atoms with Gasteiger partial charge in [-0.2, -0.15) is 5.10 Å². The smallest absolute Gasteiger partial charge is 0.229 e. The summed E-state index contributed by atoms with van der Waals surface area (Å²) in [5.74, 6) is 0.745. The number of nitrogens with one attached hydrogen (secondary N) is 3. The number of ether oxygens (including phenoxy) is 1. The summed E-state index contributed by atoms with van der Waals surface area (Å²) in [6.07, 6.45) is 0.313. The number of aryl methyl sites for hydroxylation is 1. The number of aromatic amines is 1. The molecule has 0 saturated heterocycles. The summed E-state index contributed by atoms with van der Waals surface area (Å²) in [6.45, 7) is 4.66. The molecule has 0 unspecified atom stereocenters. The van der Waals surface area contributed by atoms with Crippen molar-refractivity contribution in [2.45, 2.75) is 26.0 Å². The Morgan fingerprint density at radius 3 is 2.79 bits per heavy atom. The highest BCUT2D eigenvalue weighted by atomic mass is 32.2. The van der Waals surface area contributed by atoms with Gasteiger partial charge in [0.15, 0.2) is 0 Å². The molecular formula is C20H26N4O4S. The number of hydrogen-bond acceptors (Lipinski definition) is 6. The molecule has 0 aliphatic rings. The van der Waals surface area contributed by atoms with Crippen LogP contribution in [0.3, 0.4) is 0 Å². The maximum atomic E-state index is 11.4. The number of nitrogens with zero attached hydrogens (tertiary/aromatic N) is 1. The highest BCUT2D eigenvalue weighted by molar-refractivity contribution is 7.92. The molecule has 0 radical (unpaired) electrons. The van der Waals surface area contributed by atoms with Gasteiger partial charge in [-0.15, -0.1) is 0 Å². The molecule has 0 aliphatic heterocycles. The number of anilines is 1. The second-order valence-electron chi connectivity index (χ2n) is 7.15. The lowest BCUT2D eigenvalue weighted by atomic mass is 10.1. The lowest BCUT2D eigenvalue weighted by Crippen LogP contribution is -2.34. The van der Waals surface area contributed by atoms with Gasteiger partial charge in [-0.05, 0) is 43.7 Å². The van der Waals surface area contributed by atoms with E-state index in [0.717, 1.165) is 28.6 Å². The summed E-state index contributed by atoms with van der Waals surface area (Å²) < 4.78 is 30.9. The maximum Gasteiger partial charge on any atom is 0.229 e. The summed E-state index contributed by atoms with van der Waals surface area (Å²) in [5.41, 5.74) is 2.93. The van der Waals surface area contributed by atoms with Gasteiger partial charge in [0.05, 0.1) is 23.6 Å². The first-order valence-corrected chi connectivity index (χ1v) is 11.2. The summed E-state index contributed by atoms with van der Waals surface area (Å²) in [5, 5.41) is 21.8. The van der Waals surface area contributed by atoms with E-state index in [1.807, 2.05) is 32.0 Å². The molecule has 3 aromatic rings. The number of aromatic nitrogens is 2. The van der Waals surface area contributed by atoms with E-state index in [9.17, 15) is 13.5 Å². The van der Waals surface area contributed by atoms with Crippen LogP contribution in [-0.2, 0) is 10.0 Å². The van der Waals surface area contributed by atoms with Gasteiger partial charge in [0.2, 0.25) is 10.0 Å². The Hall–Kier alpha value is -2.62. The van der Waals surface area contributed by atoms with Gasteiger partial charge in [-0.3, -0.25) is 9.82 Å². The standard InChI is InChI=1S/C20H26N4O4S/c1-13(12-28-17-7-8-18-14(2)22-23-19(18)10-17)21-11-20(25)15-5-4-6-16(9-15)24-29(3,26)27/h4-10,13,20-21,24-25H,11-12H2,1-3H3,(H,22,23)/t13-,20+/m1/s1. The van der Waals surface area contributed by atoms with Gasteiger partial charge in [0.25, 0.3) is 0 Å². The highest BCUT2D eigenvalue weighted by Gasteiger charge is 2.12. The number of fused-ring (bicyclic) bond motifs is 1. The quantitative estimate of drug-likeness (QED) is 0.424. The molecule has 4 N–H and O–H groups in total. The maximum absolute atomic E-state index is 11.4. The Morgan fingerprint density at radius 1 is 1.24 bits per heavy atom. The van der Waals surface area contributed by atoms with Crippen LogP contribution < -0.4 is 14.8 Å². The van der Waals surface area contributed by atoms with Crippen molar-refractivity contribution in [2.24, 2.45) is 0 Å². The van der Waals surface area contributed by atoms with E-state index in [-0.39, 0.29) is 6.04 Å². The minimum Gasteiger partial charge on any atom is -0.492 e. The van der Waals surface area contributed by atoms with Gasteiger partial charge in [-0.25, -0.2) is 8.42 Å². The van der Waals surface area contributed by atoms with Crippen molar-refractivity contribution in [3.63, 3.8) is 0 Å². The molecule has 2 atom stereocenters. The normalized spacial score (nSPS) is 13.9. The van der Waals surface area contributed by atoms with E-state index in [1.54, 1.807) is 24.3 Å². The molecule has 29 heavy (non-hydrogen) atoms. The zero-order valence-corrected chi connectivity index (χ0v) is 17.5. The molecule has 3 rings (SSSR count). The molecule has 0 bridgehead atoms. The zero-order chi connectivity index (χ0) is 21.0. The molecule has 0 amide bonds. The lowest BCUT2D eigenvalue weighted by Gasteiger charge is -2.18. The molecule has 156 valence electrons. The molecule has 1 heterocycles. The summed E-state index contributed by atoms with van der Waals surface area (Å²) in [7, 11) is -3.36. The largest absolute Gasteiger partial charge is 0.492 e. The number of H-pyrrole nitrogens is 1. The first kappa shape index (κ1) is 21.1. The molecule has 0 spiro atoms. The van der Waals surface area contributed by atoms with Crippen LogP contribution in [0.15, 0.2) is 42.5 Å². The van der Waals surface area contributed by atoms with Crippen molar-refractivity contribution >= 4 is 26.6 Å². The number of aliphatic hydroxyl groups is 1. The fourth-order valence-corrected chi connectivity index (χ4v) is 3.51. The SMILES string of the molecule is Cc1n[nH]c2cc(OC[C@@H](C)NC[C@H](O)c3cccc(NS(C)(=O)=O)c3)ccc12. The van der Waals surface area contributed by atoms with E-state index in [1.165, 1.54) is 0 Å². The summed E-state index contributed by atoms with van der Waals surface area (Å²) in [6, 6.07) is 12.5. The Kier molecular flexibility index (Phi) is 6.41. The predicted molar refractivity (Wildman–Crippen MR) is 114 cm³/mol. The van der Waals surface area contributed by atoms with Gasteiger partial charge in [0, 0.05) is 29.7 Å². The van der Waals surface area contributed by atoms with E-state index in [0.29, 0.717) is 24.4 Å². The van der Waals surface area contributed by atoms with Gasteiger partial charge in [0.1, 0.15) is 12.4 Å². The third-order valence-corrected chi connectivity index (χ3v) is 5.07. The number of hydrogen-bond donors (Lipinski definition) is 4. The van der Waals surface area contributed by atoms with Crippen LogP contribution in [-0.4, -0.2) is 49.2 Å². The predicted octanol–water partition coefficient (Wildman–Crippen LogP) is 2.33. The number of rotatable bonds is 9. The molecule has 9 heteroatoms. The van der Waals surface area contributed by atoms with E-state index in [2.05, 4.69) is 20.2 Å². The van der Waals surface area contributed by atoms with Gasteiger partial charge < -0.3 is 15.2 Å². The first-order chi connectivity index (χ1) is 13.7. The third kappa shape index (κ3) is 5.93. The van der Waals surface area contributed by atoms with Crippen LogP contribution in [0.4, 0.5) is 5.69 Å². The molecule has 0 aliphatic carbocycles. The van der Waals surface area contributed by atoms with Crippen LogP contribution in [0, 0.1) is 6.92 Å². The fourth-order valence-electron chi connectivity index (χ4n) is 2.96. The zero-order valence-electron chi connectivity index (χ0n) is 16.6. The first-order valence-electron chi connectivity index (χ1n) is 9.28. The molecule has 0 fully saturated rings. The van der Waals surface area contributed by atoms with Crippen LogP contribution in [0.25, 0.3) is 10.9 Å².